The maximum absolute atomic E-state index is 10.7. The van der Waals surface area contributed by atoms with Crippen molar-refractivity contribution in [2.75, 3.05) is 14.2 Å². The zero-order valence-electron chi connectivity index (χ0n) is 11.1. The fourth-order valence-electron chi connectivity index (χ4n) is 0.823. The van der Waals surface area contributed by atoms with Gasteiger partial charge in [-0.25, -0.2) is 0 Å². The third kappa shape index (κ3) is 12.7. The van der Waals surface area contributed by atoms with Crippen LogP contribution < -0.4 is 5.32 Å². The quantitative estimate of drug-likeness (QED) is 0.417. The lowest BCUT2D eigenvalue weighted by Gasteiger charge is -2.08. The van der Waals surface area contributed by atoms with Crippen molar-refractivity contribution in [3.05, 3.63) is 12.7 Å². The minimum atomic E-state index is -0.356. The molecule has 1 unspecified atom stereocenters. The molecule has 0 aliphatic carbocycles. The van der Waals surface area contributed by atoms with Crippen LogP contribution in [-0.4, -0.2) is 38.7 Å². The number of amides is 1. The predicted molar refractivity (Wildman–Crippen MR) is 66.6 cm³/mol. The Morgan fingerprint density at radius 3 is 2.18 bits per heavy atom. The molecule has 0 radical (unpaired) electrons. The summed E-state index contributed by atoms with van der Waals surface area (Å²) in [4.78, 5) is 21.0. The predicted octanol–water partition coefficient (Wildman–Crippen LogP) is 1.28. The number of rotatable bonds is 7. The van der Waals surface area contributed by atoms with Gasteiger partial charge in [0.05, 0.1) is 6.04 Å². The molecule has 0 aliphatic heterocycles. The van der Waals surface area contributed by atoms with Crippen molar-refractivity contribution in [1.29, 1.82) is 0 Å². The van der Waals surface area contributed by atoms with E-state index in [1.807, 2.05) is 13.8 Å². The fourth-order valence-corrected chi connectivity index (χ4v) is 0.823. The van der Waals surface area contributed by atoms with Gasteiger partial charge in [-0.1, -0.05) is 19.9 Å². The average molecular weight is 245 g/mol. The van der Waals surface area contributed by atoms with Crippen molar-refractivity contribution in [3.8, 4) is 0 Å². The van der Waals surface area contributed by atoms with E-state index in [-0.39, 0.29) is 18.2 Å². The lowest BCUT2D eigenvalue weighted by atomic mass is 10.2. The monoisotopic (exact) mass is 245 g/mol. The van der Waals surface area contributed by atoms with E-state index in [1.54, 1.807) is 14.2 Å². The van der Waals surface area contributed by atoms with Gasteiger partial charge >= 0.3 is 0 Å². The second kappa shape index (κ2) is 12.9. The maximum Gasteiger partial charge on any atom is 0.243 e. The Hall–Kier alpha value is -1.20. The second-order valence-corrected chi connectivity index (χ2v) is 3.28. The molecule has 1 atom stereocenters. The van der Waals surface area contributed by atoms with Crippen molar-refractivity contribution in [2.24, 2.45) is 0 Å². The van der Waals surface area contributed by atoms with Crippen LogP contribution in [0.4, 0.5) is 0 Å². The summed E-state index contributed by atoms with van der Waals surface area (Å²) in [6.07, 6.45) is 3.39. The highest BCUT2D eigenvalue weighted by Crippen LogP contribution is 1.92. The van der Waals surface area contributed by atoms with Crippen LogP contribution in [0, 0.1) is 0 Å². The molecule has 0 rings (SSSR count). The molecule has 0 aromatic heterocycles. The largest absolute Gasteiger partial charge is 0.356 e. The zero-order valence-corrected chi connectivity index (χ0v) is 11.1. The first kappa shape index (κ1) is 18.2. The van der Waals surface area contributed by atoms with Crippen LogP contribution in [0.3, 0.4) is 0 Å². The normalized spacial score (nSPS) is 11.1. The second-order valence-electron chi connectivity index (χ2n) is 3.28. The van der Waals surface area contributed by atoms with Gasteiger partial charge in [-0.05, 0) is 19.4 Å². The molecule has 0 spiro atoms. The first-order valence-corrected chi connectivity index (χ1v) is 5.49. The summed E-state index contributed by atoms with van der Waals surface area (Å²) in [5, 5.41) is 2.49. The molecule has 0 bridgehead atoms. The smallest absolute Gasteiger partial charge is 0.243 e. The molecular weight excluding hydrogens is 222 g/mol. The zero-order chi connectivity index (χ0) is 13.7. The number of methoxy groups -OCH3 is 2. The molecule has 0 heterocycles. The Bertz CT molecular complexity index is 215. The van der Waals surface area contributed by atoms with E-state index in [4.69, 9.17) is 0 Å². The van der Waals surface area contributed by atoms with Gasteiger partial charge in [0.2, 0.25) is 5.91 Å². The molecule has 5 heteroatoms. The summed E-state index contributed by atoms with van der Waals surface area (Å²) in [6.45, 7) is 7.07. The molecule has 17 heavy (non-hydrogen) atoms. The van der Waals surface area contributed by atoms with E-state index in [1.165, 1.54) is 0 Å². The van der Waals surface area contributed by atoms with Crippen molar-refractivity contribution >= 4 is 12.2 Å². The van der Waals surface area contributed by atoms with E-state index in [9.17, 15) is 9.59 Å². The third-order valence-electron chi connectivity index (χ3n) is 1.94. The number of carbonyl (C=O) groups excluding carboxylic acids is 2. The number of hydrogen-bond donors (Lipinski definition) is 1. The third-order valence-corrected chi connectivity index (χ3v) is 1.94. The van der Waals surface area contributed by atoms with E-state index < -0.39 is 0 Å². The molecule has 0 aliphatic rings. The van der Waals surface area contributed by atoms with Crippen molar-refractivity contribution in [1.82, 2.24) is 5.32 Å². The van der Waals surface area contributed by atoms with E-state index in [0.717, 1.165) is 18.8 Å². The molecule has 0 saturated heterocycles. The van der Waals surface area contributed by atoms with Crippen molar-refractivity contribution in [2.45, 2.75) is 39.0 Å². The van der Waals surface area contributed by atoms with Gasteiger partial charge < -0.3 is 19.6 Å². The Labute approximate surface area is 103 Å². The van der Waals surface area contributed by atoms with Crippen LogP contribution in [0.15, 0.2) is 12.7 Å². The van der Waals surface area contributed by atoms with Crippen LogP contribution in [0.5, 0.6) is 0 Å². The first-order valence-electron chi connectivity index (χ1n) is 5.49. The molecule has 0 aromatic rings. The Balaban J connectivity index is 0. The summed E-state index contributed by atoms with van der Waals surface area (Å²) >= 11 is 0. The summed E-state index contributed by atoms with van der Waals surface area (Å²) in [5.41, 5.74) is 0. The molecular formula is C12H23NO4. The van der Waals surface area contributed by atoms with Gasteiger partial charge in [0.15, 0.2) is 6.29 Å². The van der Waals surface area contributed by atoms with E-state index >= 15 is 0 Å². The number of ether oxygens (including phenoxy) is 2. The van der Waals surface area contributed by atoms with E-state index in [2.05, 4.69) is 21.4 Å². The standard InChI is InChI=1S/C8H13NO2.C4H10O2/c1-3-5-7(6-10)9-8(11)4-2;1-4(5-2)6-3/h4,6-7H,2-3,5H2,1H3,(H,9,11);4H,1-3H3. The first-order chi connectivity index (χ1) is 8.05. The molecule has 1 N–H and O–H groups in total. The number of nitrogens with one attached hydrogen (secondary N) is 1. The Morgan fingerprint density at radius 2 is 1.94 bits per heavy atom. The van der Waals surface area contributed by atoms with Crippen LogP contribution in [-0.2, 0) is 19.1 Å². The Kier molecular flexibility index (Phi) is 13.8. The molecule has 100 valence electrons. The number of aldehydes is 1. The van der Waals surface area contributed by atoms with E-state index in [0.29, 0.717) is 6.42 Å². The highest BCUT2D eigenvalue weighted by atomic mass is 16.7. The van der Waals surface area contributed by atoms with Gasteiger partial charge in [-0.3, -0.25) is 4.79 Å². The minimum absolute atomic E-state index is 0.0648. The Morgan fingerprint density at radius 1 is 1.41 bits per heavy atom. The lowest BCUT2D eigenvalue weighted by molar-refractivity contribution is -0.120. The highest BCUT2D eigenvalue weighted by molar-refractivity contribution is 5.88. The summed E-state index contributed by atoms with van der Waals surface area (Å²) in [5.74, 6) is -0.296. The molecule has 0 saturated carbocycles. The topological polar surface area (TPSA) is 64.6 Å². The fraction of sp³-hybridized carbons (Fsp3) is 0.667. The van der Waals surface area contributed by atoms with Gasteiger partial charge in [-0.2, -0.15) is 0 Å². The van der Waals surface area contributed by atoms with Gasteiger partial charge in [0.25, 0.3) is 0 Å². The van der Waals surface area contributed by atoms with Crippen molar-refractivity contribution in [3.63, 3.8) is 0 Å². The van der Waals surface area contributed by atoms with Gasteiger partial charge in [-0.15, -0.1) is 0 Å². The molecule has 1 amide bonds. The minimum Gasteiger partial charge on any atom is -0.356 e. The lowest BCUT2D eigenvalue weighted by Crippen LogP contribution is -2.34. The van der Waals surface area contributed by atoms with Crippen LogP contribution in [0.1, 0.15) is 26.7 Å². The molecule has 0 aromatic carbocycles. The summed E-state index contributed by atoms with van der Waals surface area (Å²) in [6, 6.07) is -0.356. The number of carbonyl (C=O) groups is 2. The summed E-state index contributed by atoms with van der Waals surface area (Å²) < 4.78 is 9.35. The van der Waals surface area contributed by atoms with Gasteiger partial charge in [0, 0.05) is 14.2 Å². The molecule has 5 nitrogen and oxygen atoms in total. The van der Waals surface area contributed by atoms with Crippen LogP contribution in [0.2, 0.25) is 0 Å². The average Bonchev–Trinajstić information content (AvgIpc) is 2.37. The van der Waals surface area contributed by atoms with Crippen LogP contribution in [0.25, 0.3) is 0 Å². The van der Waals surface area contributed by atoms with Crippen LogP contribution >= 0.6 is 0 Å². The van der Waals surface area contributed by atoms with Gasteiger partial charge in [0.1, 0.15) is 6.29 Å². The SMILES string of the molecule is C=CC(=O)NC(C=O)CCC.COC(C)OC. The number of hydrogen-bond acceptors (Lipinski definition) is 4. The molecule has 0 fully saturated rings. The summed E-state index contributed by atoms with van der Waals surface area (Å²) in [7, 11) is 3.21. The van der Waals surface area contributed by atoms with Crippen molar-refractivity contribution < 1.29 is 19.1 Å². The highest BCUT2D eigenvalue weighted by Gasteiger charge is 2.06. The maximum atomic E-state index is 10.7.